The third kappa shape index (κ3) is 4.33. The molecule has 1 aromatic heterocycles. The first-order chi connectivity index (χ1) is 9.06. The van der Waals surface area contributed by atoms with E-state index < -0.39 is 9.84 Å². The molecule has 0 amide bonds. The second-order valence-corrected chi connectivity index (χ2v) is 7.32. The van der Waals surface area contributed by atoms with E-state index in [0.29, 0.717) is 13.0 Å². The van der Waals surface area contributed by atoms with Gasteiger partial charge < -0.3 is 4.74 Å². The molecule has 0 aliphatic carbocycles. The van der Waals surface area contributed by atoms with Crippen molar-refractivity contribution in [3.8, 4) is 16.3 Å². The van der Waals surface area contributed by atoms with E-state index in [1.807, 2.05) is 29.6 Å². The first kappa shape index (κ1) is 14.0. The Morgan fingerprint density at radius 3 is 2.79 bits per heavy atom. The summed E-state index contributed by atoms with van der Waals surface area (Å²) in [6.07, 6.45) is 3.47. The molecule has 0 spiro atoms. The number of benzene rings is 1. The van der Waals surface area contributed by atoms with Crippen LogP contribution in [0.3, 0.4) is 0 Å². The maximum Gasteiger partial charge on any atom is 0.147 e. The minimum Gasteiger partial charge on any atom is -0.493 e. The summed E-state index contributed by atoms with van der Waals surface area (Å²) >= 11 is 1.55. The summed E-state index contributed by atoms with van der Waals surface area (Å²) in [5, 5.41) is 2.81. The molecule has 0 fully saturated rings. The van der Waals surface area contributed by atoms with Gasteiger partial charge in [0.1, 0.15) is 20.6 Å². The van der Waals surface area contributed by atoms with Crippen LogP contribution in [-0.4, -0.2) is 32.0 Å². The number of nitrogens with zero attached hydrogens (tertiary/aromatic N) is 1. The Balaban J connectivity index is 2.01. The average Bonchev–Trinajstić information content (AvgIpc) is 2.88. The first-order valence-electron chi connectivity index (χ1n) is 5.86. The molecule has 102 valence electrons. The number of thiazole rings is 1. The minimum absolute atomic E-state index is 0.145. The van der Waals surface area contributed by atoms with Crippen LogP contribution in [0.1, 0.15) is 6.42 Å². The molecular weight excluding hydrogens is 282 g/mol. The summed E-state index contributed by atoms with van der Waals surface area (Å²) in [6.45, 7) is 0.384. The summed E-state index contributed by atoms with van der Waals surface area (Å²) < 4.78 is 27.7. The van der Waals surface area contributed by atoms with Crippen molar-refractivity contribution in [2.45, 2.75) is 6.42 Å². The average molecular weight is 297 g/mol. The van der Waals surface area contributed by atoms with Gasteiger partial charge in [0.05, 0.1) is 17.9 Å². The molecule has 1 heterocycles. The van der Waals surface area contributed by atoms with Crippen LogP contribution in [0.25, 0.3) is 10.6 Å². The van der Waals surface area contributed by atoms with E-state index in [-0.39, 0.29) is 5.75 Å². The predicted octanol–water partition coefficient (Wildman–Crippen LogP) is 2.62. The molecule has 19 heavy (non-hydrogen) atoms. The minimum atomic E-state index is -2.92. The second-order valence-electron chi connectivity index (χ2n) is 4.17. The molecule has 0 aliphatic heterocycles. The standard InChI is InChI=1S/C13H15NO3S2/c1-19(15,16)10-4-8-17-12-6-3-2-5-11(12)13-14-7-9-18-13/h2-3,5-7,9H,4,8,10H2,1H3. The number of hydrogen-bond acceptors (Lipinski definition) is 5. The Bertz CT molecular complexity index is 621. The number of para-hydroxylation sites is 1. The highest BCUT2D eigenvalue weighted by Gasteiger charge is 2.08. The van der Waals surface area contributed by atoms with Gasteiger partial charge in [-0.25, -0.2) is 13.4 Å². The molecule has 4 nitrogen and oxygen atoms in total. The van der Waals surface area contributed by atoms with Crippen molar-refractivity contribution in [1.29, 1.82) is 0 Å². The van der Waals surface area contributed by atoms with Crippen LogP contribution in [0.15, 0.2) is 35.8 Å². The Morgan fingerprint density at radius 2 is 2.11 bits per heavy atom. The van der Waals surface area contributed by atoms with E-state index in [9.17, 15) is 8.42 Å². The number of hydrogen-bond donors (Lipinski definition) is 0. The molecule has 0 bridgehead atoms. The highest BCUT2D eigenvalue weighted by molar-refractivity contribution is 7.90. The second kappa shape index (κ2) is 6.16. The van der Waals surface area contributed by atoms with Crippen molar-refractivity contribution in [2.24, 2.45) is 0 Å². The SMILES string of the molecule is CS(=O)(=O)CCCOc1ccccc1-c1nccs1. The van der Waals surface area contributed by atoms with Crippen molar-refractivity contribution >= 4 is 21.2 Å². The zero-order valence-electron chi connectivity index (χ0n) is 10.6. The maximum atomic E-state index is 11.0. The molecule has 2 rings (SSSR count). The number of aromatic nitrogens is 1. The van der Waals surface area contributed by atoms with Crippen LogP contribution in [0.2, 0.25) is 0 Å². The Labute approximate surface area is 117 Å². The highest BCUT2D eigenvalue weighted by Crippen LogP contribution is 2.31. The van der Waals surface area contributed by atoms with Crippen LogP contribution in [0.5, 0.6) is 5.75 Å². The van der Waals surface area contributed by atoms with Crippen LogP contribution in [0, 0.1) is 0 Å². The summed E-state index contributed by atoms with van der Waals surface area (Å²) in [6, 6.07) is 7.64. The van der Waals surface area contributed by atoms with E-state index >= 15 is 0 Å². The van der Waals surface area contributed by atoms with Gasteiger partial charge in [0.25, 0.3) is 0 Å². The van der Waals surface area contributed by atoms with Crippen molar-refractivity contribution in [3.05, 3.63) is 35.8 Å². The van der Waals surface area contributed by atoms with Gasteiger partial charge in [0.2, 0.25) is 0 Å². The number of rotatable bonds is 6. The molecule has 0 saturated carbocycles. The first-order valence-corrected chi connectivity index (χ1v) is 8.80. The quantitative estimate of drug-likeness (QED) is 0.769. The third-order valence-corrected chi connectivity index (χ3v) is 4.30. The van der Waals surface area contributed by atoms with Crippen LogP contribution in [-0.2, 0) is 9.84 Å². The van der Waals surface area contributed by atoms with Crippen LogP contribution < -0.4 is 4.74 Å². The Morgan fingerprint density at radius 1 is 1.32 bits per heavy atom. The zero-order valence-corrected chi connectivity index (χ0v) is 12.2. The molecule has 6 heteroatoms. The summed E-state index contributed by atoms with van der Waals surface area (Å²) in [4.78, 5) is 4.26. The van der Waals surface area contributed by atoms with E-state index in [1.165, 1.54) is 6.26 Å². The summed E-state index contributed by atoms with van der Waals surface area (Å²) in [5.41, 5.74) is 0.942. The molecule has 0 atom stereocenters. The monoisotopic (exact) mass is 297 g/mol. The lowest BCUT2D eigenvalue weighted by Gasteiger charge is -2.09. The van der Waals surface area contributed by atoms with Crippen molar-refractivity contribution in [3.63, 3.8) is 0 Å². The fourth-order valence-corrected chi connectivity index (χ4v) is 2.94. The van der Waals surface area contributed by atoms with Gasteiger partial charge in [-0.15, -0.1) is 11.3 Å². The van der Waals surface area contributed by atoms with Gasteiger partial charge in [0, 0.05) is 17.8 Å². The molecule has 0 N–H and O–H groups in total. The van der Waals surface area contributed by atoms with Gasteiger partial charge in [-0.1, -0.05) is 12.1 Å². The van der Waals surface area contributed by atoms with Gasteiger partial charge in [-0.3, -0.25) is 0 Å². The molecule has 0 unspecified atom stereocenters. The number of sulfone groups is 1. The van der Waals surface area contributed by atoms with Gasteiger partial charge in [-0.05, 0) is 18.6 Å². The fraction of sp³-hybridized carbons (Fsp3) is 0.308. The largest absolute Gasteiger partial charge is 0.493 e. The van der Waals surface area contributed by atoms with Gasteiger partial charge in [-0.2, -0.15) is 0 Å². The number of ether oxygens (including phenoxy) is 1. The molecule has 2 aromatic rings. The van der Waals surface area contributed by atoms with E-state index in [4.69, 9.17) is 4.74 Å². The van der Waals surface area contributed by atoms with Crippen molar-refractivity contribution < 1.29 is 13.2 Å². The van der Waals surface area contributed by atoms with Gasteiger partial charge >= 0.3 is 0 Å². The molecule has 0 aliphatic rings. The fourth-order valence-electron chi connectivity index (χ4n) is 1.63. The normalized spacial score (nSPS) is 11.4. The molecule has 0 saturated heterocycles. The molecule has 1 aromatic carbocycles. The Kier molecular flexibility index (Phi) is 4.55. The lowest BCUT2D eigenvalue weighted by atomic mass is 10.2. The van der Waals surface area contributed by atoms with E-state index in [0.717, 1.165) is 16.3 Å². The molecule has 0 radical (unpaired) electrons. The Hall–Kier alpha value is -1.40. The van der Waals surface area contributed by atoms with Crippen LogP contribution in [0.4, 0.5) is 0 Å². The van der Waals surface area contributed by atoms with Crippen LogP contribution >= 0.6 is 11.3 Å². The summed E-state index contributed by atoms with van der Waals surface area (Å²) in [7, 11) is -2.92. The lowest BCUT2D eigenvalue weighted by molar-refractivity contribution is 0.319. The maximum absolute atomic E-state index is 11.0. The topological polar surface area (TPSA) is 56.3 Å². The predicted molar refractivity (Wildman–Crippen MR) is 77.4 cm³/mol. The highest BCUT2D eigenvalue weighted by atomic mass is 32.2. The third-order valence-electron chi connectivity index (χ3n) is 2.47. The van der Waals surface area contributed by atoms with E-state index in [1.54, 1.807) is 17.5 Å². The smallest absolute Gasteiger partial charge is 0.147 e. The lowest BCUT2D eigenvalue weighted by Crippen LogP contribution is -2.08. The van der Waals surface area contributed by atoms with E-state index in [2.05, 4.69) is 4.98 Å². The van der Waals surface area contributed by atoms with Crippen molar-refractivity contribution in [2.75, 3.05) is 18.6 Å². The summed E-state index contributed by atoms with van der Waals surface area (Å²) in [5.74, 6) is 0.887. The molecular formula is C13H15NO3S2. The van der Waals surface area contributed by atoms with Crippen molar-refractivity contribution in [1.82, 2.24) is 4.98 Å². The van der Waals surface area contributed by atoms with Gasteiger partial charge in [0.15, 0.2) is 0 Å². The zero-order chi connectivity index (χ0) is 13.7.